The Bertz CT molecular complexity index is 1730. The number of hydrogen-bond acceptors (Lipinski definition) is 10. The van der Waals surface area contributed by atoms with Gasteiger partial charge in [-0.2, -0.15) is 0 Å². The van der Waals surface area contributed by atoms with Gasteiger partial charge in [0.05, 0.1) is 24.3 Å². The first-order valence-electron chi connectivity index (χ1n) is 14.6. The Hall–Kier alpha value is -4.61. The second-order valence-electron chi connectivity index (χ2n) is 11.7. The maximum absolute atomic E-state index is 14.1. The molecule has 11 nitrogen and oxygen atoms in total. The number of hydrogen-bond donors (Lipinski definition) is 2. The summed E-state index contributed by atoms with van der Waals surface area (Å²) in [6.45, 7) is 7.88. The molecule has 3 aromatic carbocycles. The van der Waals surface area contributed by atoms with E-state index in [1.807, 2.05) is 19.9 Å². The van der Waals surface area contributed by atoms with Crippen molar-refractivity contribution in [1.82, 2.24) is 15.1 Å². The maximum atomic E-state index is 14.1. The van der Waals surface area contributed by atoms with Crippen molar-refractivity contribution in [2.45, 2.75) is 52.4 Å². The monoisotopic (exact) mass is 599 g/mol. The number of ether oxygens (including phenoxy) is 4. The summed E-state index contributed by atoms with van der Waals surface area (Å²) < 4.78 is 23.3. The van der Waals surface area contributed by atoms with Gasteiger partial charge in [-0.15, -0.1) is 0 Å². The minimum absolute atomic E-state index is 0.0366. The van der Waals surface area contributed by atoms with E-state index in [1.165, 1.54) is 18.9 Å². The lowest BCUT2D eigenvalue weighted by Gasteiger charge is -2.51. The molecule has 0 bridgehead atoms. The summed E-state index contributed by atoms with van der Waals surface area (Å²) >= 11 is 0. The fourth-order valence-electron chi connectivity index (χ4n) is 7.48. The third-order valence-corrected chi connectivity index (χ3v) is 9.19. The summed E-state index contributed by atoms with van der Waals surface area (Å²) in [7, 11) is 1.52. The summed E-state index contributed by atoms with van der Waals surface area (Å²) in [6.07, 6.45) is -0.539. The lowest BCUT2D eigenvalue weighted by Crippen LogP contribution is -2.61. The molecule has 3 aromatic rings. The molecule has 2 amide bonds. The van der Waals surface area contributed by atoms with Gasteiger partial charge in [-0.25, -0.2) is 0 Å². The Morgan fingerprint density at radius 3 is 2.34 bits per heavy atom. The van der Waals surface area contributed by atoms with Crippen LogP contribution in [0.4, 0.5) is 0 Å². The van der Waals surface area contributed by atoms with E-state index in [0.29, 0.717) is 75.9 Å². The standard InChI is InChI=1S/C33H33N3O8/c1-15-12-16(2)27(41-5)26(38)23(15)25-22-13-21-24(30-29(42-14-43-30)17(3)28(21)44-18(4)37)31(35(22)11-10-34-25)36-32(39)19-8-6-7-9-20(19)33(36)40/h6-9,12,22,25,31,34,38H,10-11,13-14H2,1-5H3/t22?,25-,31-/m0/s1. The van der Waals surface area contributed by atoms with E-state index in [1.54, 1.807) is 31.2 Å². The fraction of sp³-hybridized carbons (Fsp3) is 0.364. The normalized spacial score (nSPS) is 22.0. The lowest BCUT2D eigenvalue weighted by molar-refractivity contribution is -0.132. The minimum Gasteiger partial charge on any atom is -0.504 e. The third-order valence-electron chi connectivity index (χ3n) is 9.19. The molecule has 1 unspecified atom stereocenters. The number of nitrogens with zero attached hydrogens (tertiary/aromatic N) is 2. The van der Waals surface area contributed by atoms with Gasteiger partial charge >= 0.3 is 5.97 Å². The zero-order valence-electron chi connectivity index (χ0n) is 25.1. The Kier molecular flexibility index (Phi) is 6.56. The van der Waals surface area contributed by atoms with Crippen LogP contribution >= 0.6 is 0 Å². The average Bonchev–Trinajstić information content (AvgIpc) is 3.58. The van der Waals surface area contributed by atoms with Gasteiger partial charge in [0.15, 0.2) is 23.0 Å². The van der Waals surface area contributed by atoms with E-state index in [4.69, 9.17) is 18.9 Å². The molecule has 0 aliphatic carbocycles. The number of fused-ring (bicyclic) bond motifs is 5. The van der Waals surface area contributed by atoms with Crippen LogP contribution in [0.15, 0.2) is 30.3 Å². The number of carbonyl (C=O) groups is 3. The van der Waals surface area contributed by atoms with Gasteiger partial charge in [-0.3, -0.25) is 24.2 Å². The third kappa shape index (κ3) is 3.92. The molecular formula is C33H33N3O8. The van der Waals surface area contributed by atoms with Crippen molar-refractivity contribution in [2.75, 3.05) is 27.0 Å². The first-order chi connectivity index (χ1) is 21.1. The Morgan fingerprint density at radius 2 is 1.68 bits per heavy atom. The Balaban J connectivity index is 1.48. The second kappa shape index (κ2) is 10.2. The van der Waals surface area contributed by atoms with Crippen molar-refractivity contribution in [3.63, 3.8) is 0 Å². The molecule has 4 aliphatic heterocycles. The first kappa shape index (κ1) is 28.2. The molecule has 0 spiro atoms. The number of amides is 2. The number of piperazine rings is 1. The van der Waals surface area contributed by atoms with Crippen LogP contribution in [0.1, 0.15) is 73.2 Å². The highest BCUT2D eigenvalue weighted by Crippen LogP contribution is 2.56. The number of benzene rings is 3. The molecule has 228 valence electrons. The van der Waals surface area contributed by atoms with Gasteiger partial charge in [0.2, 0.25) is 6.79 Å². The molecular weight excluding hydrogens is 566 g/mol. The lowest BCUT2D eigenvalue weighted by atomic mass is 9.80. The highest BCUT2D eigenvalue weighted by atomic mass is 16.7. The largest absolute Gasteiger partial charge is 0.504 e. The van der Waals surface area contributed by atoms with Gasteiger partial charge in [0.1, 0.15) is 11.9 Å². The van der Waals surface area contributed by atoms with Crippen molar-refractivity contribution in [3.05, 3.63) is 74.8 Å². The quantitative estimate of drug-likeness (QED) is 0.259. The molecule has 0 saturated carbocycles. The van der Waals surface area contributed by atoms with Crippen LogP contribution in [0, 0.1) is 20.8 Å². The smallest absolute Gasteiger partial charge is 0.308 e. The number of nitrogens with one attached hydrogen (secondary N) is 1. The molecule has 1 saturated heterocycles. The molecule has 44 heavy (non-hydrogen) atoms. The van der Waals surface area contributed by atoms with E-state index in [-0.39, 0.29) is 18.6 Å². The van der Waals surface area contributed by atoms with E-state index in [9.17, 15) is 19.5 Å². The minimum atomic E-state index is -0.902. The van der Waals surface area contributed by atoms with Crippen LogP contribution < -0.4 is 24.3 Å². The van der Waals surface area contributed by atoms with Gasteiger partial charge in [-0.05, 0) is 50.5 Å². The summed E-state index contributed by atoms with van der Waals surface area (Å²) in [6, 6.07) is 7.94. The van der Waals surface area contributed by atoms with Gasteiger partial charge < -0.3 is 29.4 Å². The van der Waals surface area contributed by atoms with Crippen LogP contribution in [-0.2, 0) is 11.2 Å². The van der Waals surface area contributed by atoms with E-state index in [2.05, 4.69) is 10.2 Å². The molecule has 2 N–H and O–H groups in total. The zero-order chi connectivity index (χ0) is 31.0. The SMILES string of the molecule is COc1c(C)cc(C)c([C@H]2NCCN3C2Cc2c(OC(C)=O)c(C)c4c(c2[C@@H]3N2C(=O)c3ccccc3C2=O)OCO4)c1O. The number of aromatic hydroxyl groups is 1. The number of imide groups is 1. The van der Waals surface area contributed by atoms with Crippen LogP contribution in [0.25, 0.3) is 0 Å². The van der Waals surface area contributed by atoms with Crippen molar-refractivity contribution in [1.29, 1.82) is 0 Å². The number of methoxy groups -OCH3 is 1. The number of phenols is 1. The Labute approximate surface area is 254 Å². The van der Waals surface area contributed by atoms with Crippen molar-refractivity contribution in [2.24, 2.45) is 0 Å². The molecule has 0 radical (unpaired) electrons. The van der Waals surface area contributed by atoms with Gasteiger partial charge in [0, 0.05) is 48.3 Å². The summed E-state index contributed by atoms with van der Waals surface area (Å²) in [5, 5.41) is 15.1. The van der Waals surface area contributed by atoms with E-state index >= 15 is 0 Å². The number of rotatable bonds is 4. The number of carbonyl (C=O) groups excluding carboxylic acids is 3. The van der Waals surface area contributed by atoms with Crippen molar-refractivity contribution < 1.29 is 38.4 Å². The summed E-state index contributed by atoms with van der Waals surface area (Å²) in [4.78, 5) is 43.9. The molecule has 7 rings (SSSR count). The topological polar surface area (TPSA) is 127 Å². The van der Waals surface area contributed by atoms with Crippen LogP contribution in [-0.4, -0.2) is 65.7 Å². The first-order valence-corrected chi connectivity index (χ1v) is 14.6. The molecule has 1 fully saturated rings. The number of esters is 1. The van der Waals surface area contributed by atoms with Gasteiger partial charge in [-0.1, -0.05) is 18.2 Å². The molecule has 11 heteroatoms. The second-order valence-corrected chi connectivity index (χ2v) is 11.7. The van der Waals surface area contributed by atoms with Crippen molar-refractivity contribution >= 4 is 17.8 Å². The zero-order valence-corrected chi connectivity index (χ0v) is 25.1. The van der Waals surface area contributed by atoms with E-state index in [0.717, 1.165) is 11.1 Å². The molecule has 3 atom stereocenters. The number of aryl methyl sites for hydroxylation is 2. The number of phenolic OH excluding ortho intramolecular Hbond substituents is 1. The van der Waals surface area contributed by atoms with Crippen LogP contribution in [0.5, 0.6) is 28.7 Å². The van der Waals surface area contributed by atoms with Crippen LogP contribution in [0.3, 0.4) is 0 Å². The highest BCUT2D eigenvalue weighted by molar-refractivity contribution is 6.21. The predicted octanol–water partition coefficient (Wildman–Crippen LogP) is 3.85. The van der Waals surface area contributed by atoms with E-state index < -0.39 is 30.0 Å². The molecule has 0 aromatic heterocycles. The summed E-state index contributed by atoms with van der Waals surface area (Å²) in [5.74, 6) is 0.245. The Morgan fingerprint density at radius 1 is 1.00 bits per heavy atom. The molecule has 4 heterocycles. The van der Waals surface area contributed by atoms with Gasteiger partial charge in [0.25, 0.3) is 11.8 Å². The fourth-order valence-corrected chi connectivity index (χ4v) is 7.48. The van der Waals surface area contributed by atoms with Crippen molar-refractivity contribution in [3.8, 4) is 28.7 Å². The molecule has 4 aliphatic rings. The predicted molar refractivity (Wildman–Crippen MR) is 157 cm³/mol. The maximum Gasteiger partial charge on any atom is 0.308 e. The average molecular weight is 600 g/mol. The van der Waals surface area contributed by atoms with Crippen LogP contribution in [0.2, 0.25) is 0 Å². The summed E-state index contributed by atoms with van der Waals surface area (Å²) in [5.41, 5.74) is 4.79. The highest BCUT2D eigenvalue weighted by Gasteiger charge is 2.53.